The van der Waals surface area contributed by atoms with E-state index in [0.29, 0.717) is 25.3 Å². The maximum atomic E-state index is 12.7. The number of aliphatic imine (C=N–C) groups is 1. The molecule has 1 atom stereocenters. The number of hydroxylamine groups is 2. The van der Waals surface area contributed by atoms with Crippen molar-refractivity contribution in [2.75, 3.05) is 6.54 Å². The van der Waals surface area contributed by atoms with Gasteiger partial charge < -0.3 is 15.3 Å². The normalized spacial score (nSPS) is 19.8. The largest absolute Gasteiger partial charge is 0.505 e. The predicted octanol–water partition coefficient (Wildman–Crippen LogP) is 2.67. The molecule has 1 aromatic carbocycles. The van der Waals surface area contributed by atoms with Crippen LogP contribution in [0.4, 0.5) is 0 Å². The van der Waals surface area contributed by atoms with E-state index in [1.54, 1.807) is 0 Å². The number of aromatic nitrogens is 1. The molecule has 10 nitrogen and oxygen atoms in total. The van der Waals surface area contributed by atoms with Crippen LogP contribution in [0.5, 0.6) is 5.75 Å². The van der Waals surface area contributed by atoms with Crippen LogP contribution in [-0.2, 0) is 24.0 Å². The zero-order valence-electron chi connectivity index (χ0n) is 17.2. The highest BCUT2D eigenvalue weighted by Gasteiger charge is 2.43. The van der Waals surface area contributed by atoms with E-state index in [-0.39, 0.29) is 28.6 Å². The Bertz CT molecular complexity index is 1230. The monoisotopic (exact) mass is 530 g/mol. The molecule has 33 heavy (non-hydrogen) atoms. The van der Waals surface area contributed by atoms with Gasteiger partial charge in [-0.15, -0.1) is 16.4 Å². The Morgan fingerprint density at radius 2 is 1.97 bits per heavy atom. The number of nitrogens with one attached hydrogen (secondary N) is 1. The molecule has 1 saturated heterocycles. The maximum Gasteiger partial charge on any atom is 0.352 e. The summed E-state index contributed by atoms with van der Waals surface area (Å²) in [5, 5.41) is 14.0. The molecule has 2 N–H and O–H groups in total. The Hall–Kier alpha value is -2.41. The summed E-state index contributed by atoms with van der Waals surface area (Å²) in [4.78, 5) is 61.5. The van der Waals surface area contributed by atoms with Crippen molar-refractivity contribution >= 4 is 85.3 Å². The molecule has 3 heterocycles. The van der Waals surface area contributed by atoms with E-state index in [4.69, 9.17) is 28.0 Å². The standard InChI is InChI=1S/C19H16Cl2N4O6S2/c1-19(2)15(16(30)22-6-11(28)31-25-9(26)3-4-10(25)27)24-18(33-19)17-23-8-5-7(20)13(29)12(21)14(8)32-17/h5,15,29H,3-4,6H2,1-2H3,(H,22,30). The first-order valence-electron chi connectivity index (χ1n) is 9.57. The van der Waals surface area contributed by atoms with Gasteiger partial charge in [-0.1, -0.05) is 35.0 Å². The Labute approximate surface area is 205 Å². The molecule has 1 fully saturated rings. The average Bonchev–Trinajstić information content (AvgIpc) is 3.41. The van der Waals surface area contributed by atoms with E-state index in [1.165, 1.54) is 29.2 Å². The number of thioether (sulfide) groups is 1. The second kappa shape index (κ2) is 8.75. The van der Waals surface area contributed by atoms with E-state index in [1.807, 2.05) is 13.8 Å². The summed E-state index contributed by atoms with van der Waals surface area (Å²) in [6.07, 6.45) is -0.0432. The highest BCUT2D eigenvalue weighted by molar-refractivity contribution is 8.16. The lowest BCUT2D eigenvalue weighted by Crippen LogP contribution is -2.45. The zero-order chi connectivity index (χ0) is 24.1. The van der Waals surface area contributed by atoms with E-state index in [2.05, 4.69) is 15.3 Å². The third-order valence-corrected chi connectivity index (χ3v) is 8.09. The number of fused-ring (bicyclic) bond motifs is 1. The number of rotatable bonds is 5. The van der Waals surface area contributed by atoms with Crippen molar-refractivity contribution in [2.45, 2.75) is 37.5 Å². The quantitative estimate of drug-likeness (QED) is 0.562. The van der Waals surface area contributed by atoms with Crippen LogP contribution >= 0.6 is 46.3 Å². The lowest BCUT2D eigenvalue weighted by Gasteiger charge is -2.23. The van der Waals surface area contributed by atoms with Gasteiger partial charge in [-0.25, -0.2) is 9.78 Å². The lowest BCUT2D eigenvalue weighted by atomic mass is 10.0. The van der Waals surface area contributed by atoms with Gasteiger partial charge in [0, 0.05) is 17.6 Å². The van der Waals surface area contributed by atoms with Crippen LogP contribution in [0, 0.1) is 0 Å². The molecule has 2 aliphatic heterocycles. The molecule has 4 rings (SSSR count). The Kier molecular flexibility index (Phi) is 6.29. The first-order chi connectivity index (χ1) is 15.5. The van der Waals surface area contributed by atoms with E-state index >= 15 is 0 Å². The van der Waals surface area contributed by atoms with Crippen molar-refractivity contribution in [2.24, 2.45) is 4.99 Å². The number of halogens is 2. The molecule has 1 aromatic heterocycles. The lowest BCUT2D eigenvalue weighted by molar-refractivity contribution is -0.196. The molecular formula is C19H16Cl2N4O6S2. The first-order valence-corrected chi connectivity index (χ1v) is 12.0. The molecule has 174 valence electrons. The number of thiazole rings is 1. The Morgan fingerprint density at radius 3 is 2.64 bits per heavy atom. The molecule has 3 amide bonds. The summed E-state index contributed by atoms with van der Waals surface area (Å²) in [7, 11) is 0. The molecule has 14 heteroatoms. The van der Waals surface area contributed by atoms with Crippen LogP contribution in [-0.4, -0.2) is 61.2 Å². The number of carbonyl (C=O) groups is 4. The fraction of sp³-hybridized carbons (Fsp3) is 0.368. The topological polar surface area (TPSA) is 138 Å². The molecule has 0 spiro atoms. The van der Waals surface area contributed by atoms with Crippen LogP contribution < -0.4 is 5.32 Å². The Balaban J connectivity index is 1.47. The van der Waals surface area contributed by atoms with E-state index in [0.717, 1.165) is 0 Å². The third kappa shape index (κ3) is 4.52. The van der Waals surface area contributed by atoms with Crippen LogP contribution in [0.25, 0.3) is 10.2 Å². The molecular weight excluding hydrogens is 515 g/mol. The SMILES string of the molecule is CC1(C)SC(c2nc3cc(Cl)c(O)c(Cl)c3s2)=NC1C(=O)NCC(=O)ON1C(=O)CCC1=O. The van der Waals surface area contributed by atoms with E-state index in [9.17, 15) is 24.3 Å². The predicted molar refractivity (Wildman–Crippen MR) is 123 cm³/mol. The summed E-state index contributed by atoms with van der Waals surface area (Å²) < 4.78 is -0.123. The van der Waals surface area contributed by atoms with Crippen molar-refractivity contribution in [1.29, 1.82) is 0 Å². The number of hydrogen-bond acceptors (Lipinski definition) is 10. The van der Waals surface area contributed by atoms with Crippen LogP contribution in [0.15, 0.2) is 11.1 Å². The number of carbonyl (C=O) groups excluding carboxylic acids is 4. The summed E-state index contributed by atoms with van der Waals surface area (Å²) in [6.45, 7) is 3.11. The highest BCUT2D eigenvalue weighted by Crippen LogP contribution is 2.44. The smallest absolute Gasteiger partial charge is 0.352 e. The minimum atomic E-state index is -0.947. The fourth-order valence-electron chi connectivity index (χ4n) is 3.20. The number of benzene rings is 1. The number of phenols is 1. The van der Waals surface area contributed by atoms with Gasteiger partial charge in [0.25, 0.3) is 11.8 Å². The minimum absolute atomic E-state index is 0.0216. The summed E-state index contributed by atoms with van der Waals surface area (Å²) in [5.41, 5.74) is 0.491. The van der Waals surface area contributed by atoms with Crippen LogP contribution in [0.3, 0.4) is 0 Å². The summed E-state index contributed by atoms with van der Waals surface area (Å²) >= 11 is 14.7. The van der Waals surface area contributed by atoms with Gasteiger partial charge >= 0.3 is 5.97 Å². The number of phenolic OH excluding ortho intramolecular Hbond substituents is 1. The van der Waals surface area contributed by atoms with Gasteiger partial charge in [0.1, 0.15) is 27.7 Å². The number of nitrogens with zero attached hydrogens (tertiary/aromatic N) is 3. The second-order valence-corrected chi connectivity index (χ2v) is 11.1. The minimum Gasteiger partial charge on any atom is -0.505 e. The molecule has 2 aromatic rings. The number of imide groups is 1. The molecule has 0 bridgehead atoms. The Morgan fingerprint density at radius 1 is 1.30 bits per heavy atom. The first kappa shape index (κ1) is 23.7. The van der Waals surface area contributed by atoms with Gasteiger partial charge in [0.15, 0.2) is 5.75 Å². The highest BCUT2D eigenvalue weighted by atomic mass is 35.5. The van der Waals surface area contributed by atoms with Crippen molar-refractivity contribution in [3.63, 3.8) is 0 Å². The van der Waals surface area contributed by atoms with Gasteiger partial charge in [0.2, 0.25) is 5.91 Å². The third-order valence-electron chi connectivity index (χ3n) is 4.85. The van der Waals surface area contributed by atoms with Crippen LogP contribution in [0.1, 0.15) is 31.7 Å². The van der Waals surface area contributed by atoms with E-state index < -0.39 is 41.0 Å². The van der Waals surface area contributed by atoms with Crippen molar-refractivity contribution in [1.82, 2.24) is 15.4 Å². The second-order valence-electron chi connectivity index (χ2n) is 7.69. The zero-order valence-corrected chi connectivity index (χ0v) is 20.3. The summed E-state index contributed by atoms with van der Waals surface area (Å²) in [5.74, 6) is -2.92. The van der Waals surface area contributed by atoms with Crippen molar-refractivity contribution < 1.29 is 29.1 Å². The molecule has 1 unspecified atom stereocenters. The van der Waals surface area contributed by atoms with Gasteiger partial charge in [-0.3, -0.25) is 19.4 Å². The maximum absolute atomic E-state index is 12.7. The van der Waals surface area contributed by atoms with Crippen molar-refractivity contribution in [3.8, 4) is 5.75 Å². The average molecular weight is 531 g/mol. The van der Waals surface area contributed by atoms with Gasteiger partial charge in [0.05, 0.1) is 15.2 Å². The van der Waals surface area contributed by atoms with Gasteiger partial charge in [-0.05, 0) is 19.9 Å². The van der Waals surface area contributed by atoms with Crippen molar-refractivity contribution in [3.05, 3.63) is 21.1 Å². The summed E-state index contributed by atoms with van der Waals surface area (Å²) in [6, 6.07) is 0.648. The number of hydrogen-bond donors (Lipinski definition) is 2. The molecule has 0 aliphatic carbocycles. The number of aromatic hydroxyl groups is 1. The molecule has 0 saturated carbocycles. The van der Waals surface area contributed by atoms with Crippen LogP contribution in [0.2, 0.25) is 10.0 Å². The molecule has 2 aliphatic rings. The van der Waals surface area contributed by atoms with Gasteiger partial charge in [-0.2, -0.15) is 0 Å². The number of amides is 3. The molecule has 0 radical (unpaired) electrons. The fourth-order valence-corrected chi connectivity index (χ4v) is 5.95.